The van der Waals surface area contributed by atoms with Crippen LogP contribution in [0.3, 0.4) is 0 Å². The average Bonchev–Trinajstić information content (AvgIpc) is 2.69. The van der Waals surface area contributed by atoms with E-state index in [4.69, 9.17) is 4.42 Å². The summed E-state index contributed by atoms with van der Waals surface area (Å²) >= 11 is 0. The van der Waals surface area contributed by atoms with E-state index < -0.39 is 0 Å². The van der Waals surface area contributed by atoms with Crippen LogP contribution in [-0.4, -0.2) is 6.29 Å². The first-order valence-corrected chi connectivity index (χ1v) is 5.39. The van der Waals surface area contributed by atoms with Crippen LogP contribution in [0.1, 0.15) is 44.3 Å². The zero-order valence-corrected chi connectivity index (χ0v) is 8.58. The Morgan fingerprint density at radius 3 is 2.64 bits per heavy atom. The highest BCUT2D eigenvalue weighted by atomic mass is 16.3. The van der Waals surface area contributed by atoms with Crippen LogP contribution in [0.25, 0.3) is 0 Å². The SMILES string of the molecule is O=CCCCCCCCc1ccco1. The number of rotatable bonds is 8. The van der Waals surface area contributed by atoms with E-state index in [1.165, 1.54) is 25.7 Å². The van der Waals surface area contributed by atoms with Crippen molar-refractivity contribution in [3.05, 3.63) is 24.2 Å². The molecule has 0 aliphatic heterocycles. The highest BCUT2D eigenvalue weighted by Gasteiger charge is 1.95. The van der Waals surface area contributed by atoms with Crippen molar-refractivity contribution in [1.82, 2.24) is 0 Å². The van der Waals surface area contributed by atoms with E-state index in [-0.39, 0.29) is 0 Å². The topological polar surface area (TPSA) is 30.2 Å². The van der Waals surface area contributed by atoms with E-state index in [2.05, 4.69) is 0 Å². The van der Waals surface area contributed by atoms with E-state index >= 15 is 0 Å². The molecule has 0 bridgehead atoms. The maximum absolute atomic E-state index is 10.0. The van der Waals surface area contributed by atoms with Gasteiger partial charge in [0.05, 0.1) is 6.26 Å². The van der Waals surface area contributed by atoms with Crippen LogP contribution in [0.15, 0.2) is 22.8 Å². The molecule has 0 aromatic carbocycles. The highest BCUT2D eigenvalue weighted by molar-refractivity contribution is 5.48. The third kappa shape index (κ3) is 4.85. The van der Waals surface area contributed by atoms with E-state index in [9.17, 15) is 4.79 Å². The molecule has 0 saturated carbocycles. The fourth-order valence-electron chi connectivity index (χ4n) is 1.51. The van der Waals surface area contributed by atoms with E-state index in [0.717, 1.165) is 31.3 Å². The van der Waals surface area contributed by atoms with E-state index in [0.29, 0.717) is 0 Å². The monoisotopic (exact) mass is 194 g/mol. The van der Waals surface area contributed by atoms with Crippen LogP contribution in [0.4, 0.5) is 0 Å². The van der Waals surface area contributed by atoms with Crippen LogP contribution < -0.4 is 0 Å². The standard InChI is InChI=1S/C12H18O2/c13-10-6-4-2-1-3-5-8-12-9-7-11-14-12/h7,9-11H,1-6,8H2. The van der Waals surface area contributed by atoms with Crippen LogP contribution in [-0.2, 0) is 11.2 Å². The first-order chi connectivity index (χ1) is 6.93. The summed E-state index contributed by atoms with van der Waals surface area (Å²) in [6, 6.07) is 3.95. The Balaban J connectivity index is 1.87. The lowest BCUT2D eigenvalue weighted by Crippen LogP contribution is -1.84. The van der Waals surface area contributed by atoms with Crippen molar-refractivity contribution in [2.75, 3.05) is 0 Å². The Kier molecular flexibility index (Phi) is 5.80. The second-order valence-corrected chi connectivity index (χ2v) is 3.55. The zero-order chi connectivity index (χ0) is 10.1. The molecule has 0 aliphatic carbocycles. The Morgan fingerprint density at radius 2 is 1.93 bits per heavy atom. The first kappa shape index (κ1) is 11.0. The summed E-state index contributed by atoms with van der Waals surface area (Å²) in [5, 5.41) is 0. The molecule has 1 rings (SSSR count). The minimum atomic E-state index is 0.720. The lowest BCUT2D eigenvalue weighted by atomic mass is 10.1. The summed E-state index contributed by atoms with van der Waals surface area (Å²) in [7, 11) is 0. The summed E-state index contributed by atoms with van der Waals surface area (Å²) < 4.78 is 5.23. The van der Waals surface area contributed by atoms with Gasteiger partial charge >= 0.3 is 0 Å². The van der Waals surface area contributed by atoms with Crippen LogP contribution in [0, 0.1) is 0 Å². The fraction of sp³-hybridized carbons (Fsp3) is 0.583. The van der Waals surface area contributed by atoms with Gasteiger partial charge in [0, 0.05) is 12.8 Å². The van der Waals surface area contributed by atoms with Crippen molar-refractivity contribution in [1.29, 1.82) is 0 Å². The van der Waals surface area contributed by atoms with Gasteiger partial charge in [-0.25, -0.2) is 0 Å². The second-order valence-electron chi connectivity index (χ2n) is 3.55. The van der Waals surface area contributed by atoms with Gasteiger partial charge in [-0.2, -0.15) is 0 Å². The van der Waals surface area contributed by atoms with Crippen molar-refractivity contribution in [2.45, 2.75) is 44.9 Å². The van der Waals surface area contributed by atoms with Crippen molar-refractivity contribution < 1.29 is 9.21 Å². The van der Waals surface area contributed by atoms with Gasteiger partial charge in [0.15, 0.2) is 0 Å². The van der Waals surface area contributed by atoms with E-state index in [1.54, 1.807) is 6.26 Å². The van der Waals surface area contributed by atoms with Gasteiger partial charge in [-0.15, -0.1) is 0 Å². The fourth-order valence-corrected chi connectivity index (χ4v) is 1.51. The zero-order valence-electron chi connectivity index (χ0n) is 8.58. The molecule has 0 unspecified atom stereocenters. The Bertz CT molecular complexity index is 226. The number of aldehydes is 1. The Morgan fingerprint density at radius 1 is 1.14 bits per heavy atom. The minimum absolute atomic E-state index is 0.720. The van der Waals surface area contributed by atoms with Crippen LogP contribution >= 0.6 is 0 Å². The number of aryl methyl sites for hydroxylation is 1. The average molecular weight is 194 g/mol. The first-order valence-electron chi connectivity index (χ1n) is 5.39. The van der Waals surface area contributed by atoms with Crippen molar-refractivity contribution in [3.8, 4) is 0 Å². The lowest BCUT2D eigenvalue weighted by molar-refractivity contribution is -0.107. The summed E-state index contributed by atoms with van der Waals surface area (Å²) in [6.45, 7) is 0. The molecule has 0 atom stereocenters. The third-order valence-electron chi connectivity index (χ3n) is 2.33. The van der Waals surface area contributed by atoms with Gasteiger partial charge in [0.1, 0.15) is 12.0 Å². The Labute approximate surface area is 85.3 Å². The predicted molar refractivity (Wildman–Crippen MR) is 56.2 cm³/mol. The smallest absolute Gasteiger partial charge is 0.119 e. The number of carbonyl (C=O) groups excluding carboxylic acids is 1. The highest BCUT2D eigenvalue weighted by Crippen LogP contribution is 2.09. The molecule has 0 N–H and O–H groups in total. The van der Waals surface area contributed by atoms with Gasteiger partial charge in [0.2, 0.25) is 0 Å². The van der Waals surface area contributed by atoms with Gasteiger partial charge in [-0.05, 0) is 25.0 Å². The quantitative estimate of drug-likeness (QED) is 0.469. The molecule has 1 aromatic heterocycles. The molecule has 0 aliphatic rings. The summed E-state index contributed by atoms with van der Waals surface area (Å²) in [5.41, 5.74) is 0. The molecule has 0 amide bonds. The summed E-state index contributed by atoms with van der Waals surface area (Å²) in [6.07, 6.45) is 10.4. The molecule has 1 aromatic rings. The largest absolute Gasteiger partial charge is 0.469 e. The second kappa shape index (κ2) is 7.36. The maximum Gasteiger partial charge on any atom is 0.119 e. The molecule has 2 nitrogen and oxygen atoms in total. The van der Waals surface area contributed by atoms with Crippen LogP contribution in [0.2, 0.25) is 0 Å². The van der Waals surface area contributed by atoms with Crippen LogP contribution in [0.5, 0.6) is 0 Å². The van der Waals surface area contributed by atoms with Crippen molar-refractivity contribution in [2.24, 2.45) is 0 Å². The molecule has 0 spiro atoms. The number of furan rings is 1. The van der Waals surface area contributed by atoms with Gasteiger partial charge in [-0.3, -0.25) is 0 Å². The van der Waals surface area contributed by atoms with Gasteiger partial charge in [-0.1, -0.05) is 19.3 Å². The van der Waals surface area contributed by atoms with Gasteiger partial charge < -0.3 is 9.21 Å². The normalized spacial score (nSPS) is 10.3. The third-order valence-corrected chi connectivity index (χ3v) is 2.33. The molecule has 0 saturated heterocycles. The molecule has 14 heavy (non-hydrogen) atoms. The number of unbranched alkanes of at least 4 members (excludes halogenated alkanes) is 5. The molecule has 1 heterocycles. The number of hydrogen-bond donors (Lipinski definition) is 0. The van der Waals surface area contributed by atoms with E-state index in [1.807, 2.05) is 12.1 Å². The minimum Gasteiger partial charge on any atom is -0.469 e. The molecule has 2 heteroatoms. The summed E-state index contributed by atoms with van der Waals surface area (Å²) in [5.74, 6) is 1.08. The lowest BCUT2D eigenvalue weighted by Gasteiger charge is -1.98. The number of carbonyl (C=O) groups is 1. The van der Waals surface area contributed by atoms with Crippen molar-refractivity contribution in [3.63, 3.8) is 0 Å². The molecular formula is C12H18O2. The molecular weight excluding hydrogens is 176 g/mol. The summed E-state index contributed by atoms with van der Waals surface area (Å²) in [4.78, 5) is 10.0. The molecule has 0 radical (unpaired) electrons. The maximum atomic E-state index is 10.0. The Hall–Kier alpha value is -1.05. The molecule has 0 fully saturated rings. The predicted octanol–water partition coefficient (Wildman–Crippen LogP) is 3.36. The van der Waals surface area contributed by atoms with Gasteiger partial charge in [0.25, 0.3) is 0 Å². The van der Waals surface area contributed by atoms with Crippen molar-refractivity contribution >= 4 is 6.29 Å². The number of hydrogen-bond acceptors (Lipinski definition) is 2. The molecule has 78 valence electrons.